The molecule has 0 atom stereocenters. The van der Waals surface area contributed by atoms with Crippen molar-refractivity contribution in [2.45, 2.75) is 19.4 Å². The number of rotatable bonds is 7. The van der Waals surface area contributed by atoms with Crippen molar-refractivity contribution >= 4 is 0 Å². The molecule has 9 nitrogen and oxygen atoms in total. The highest BCUT2D eigenvalue weighted by molar-refractivity contribution is 5.06. The van der Waals surface area contributed by atoms with Crippen molar-refractivity contribution in [3.05, 3.63) is 85.5 Å². The normalized spacial score (nSPS) is 11.3. The van der Waals surface area contributed by atoms with Gasteiger partial charge < -0.3 is 0 Å². The van der Waals surface area contributed by atoms with Gasteiger partial charge in [0.1, 0.15) is 25.3 Å². The maximum absolute atomic E-state index is 4.45. The second-order valence-electron chi connectivity index (χ2n) is 5.64. The highest BCUT2D eigenvalue weighted by atomic mass is 15.6. The van der Waals surface area contributed by atoms with Crippen LogP contribution < -0.4 is 0 Å². The van der Waals surface area contributed by atoms with E-state index in [-0.39, 0.29) is 6.29 Å². The van der Waals surface area contributed by atoms with Crippen molar-refractivity contribution < 1.29 is 0 Å². The molecule has 130 valence electrons. The van der Waals surface area contributed by atoms with Crippen molar-refractivity contribution in [3.63, 3.8) is 0 Å². The van der Waals surface area contributed by atoms with Crippen LogP contribution in [0.25, 0.3) is 0 Å². The zero-order valence-corrected chi connectivity index (χ0v) is 13.9. The standard InChI is InChI=1S/C17H17N9/c1-3-7-20-15(5-1)9-24(10-16-6-2-4-8-21-16)17(25-13-18-11-22-25)26-14-19-12-23-26/h1-8,11-14,17H,9-10H2. The van der Waals surface area contributed by atoms with Crippen LogP contribution in [0.2, 0.25) is 0 Å². The first kappa shape index (κ1) is 16.0. The zero-order chi connectivity index (χ0) is 17.6. The third kappa shape index (κ3) is 3.62. The molecule has 0 N–H and O–H groups in total. The maximum atomic E-state index is 4.45. The molecule has 0 unspecified atom stereocenters. The van der Waals surface area contributed by atoms with E-state index >= 15 is 0 Å². The molecule has 0 spiro atoms. The Morgan fingerprint density at radius 1 is 0.769 bits per heavy atom. The molecule has 0 aliphatic carbocycles. The minimum Gasteiger partial charge on any atom is -0.260 e. The molecule has 0 aromatic carbocycles. The van der Waals surface area contributed by atoms with E-state index in [0.29, 0.717) is 13.1 Å². The first-order valence-corrected chi connectivity index (χ1v) is 8.12. The van der Waals surface area contributed by atoms with E-state index in [1.165, 1.54) is 12.7 Å². The summed E-state index contributed by atoms with van der Waals surface area (Å²) >= 11 is 0. The van der Waals surface area contributed by atoms with E-state index in [0.717, 1.165) is 11.4 Å². The first-order chi connectivity index (χ1) is 12.9. The van der Waals surface area contributed by atoms with Crippen LogP contribution in [0, 0.1) is 0 Å². The summed E-state index contributed by atoms with van der Waals surface area (Å²) in [5, 5.41) is 8.62. The fraction of sp³-hybridized carbons (Fsp3) is 0.176. The van der Waals surface area contributed by atoms with Gasteiger partial charge in [0.25, 0.3) is 0 Å². The lowest BCUT2D eigenvalue weighted by Gasteiger charge is -2.30. The minimum absolute atomic E-state index is 0.344. The van der Waals surface area contributed by atoms with Gasteiger partial charge in [0.05, 0.1) is 11.4 Å². The van der Waals surface area contributed by atoms with Crippen LogP contribution in [-0.4, -0.2) is 44.4 Å². The van der Waals surface area contributed by atoms with Crippen molar-refractivity contribution in [1.82, 2.24) is 44.4 Å². The molecule has 0 saturated heterocycles. The van der Waals surface area contributed by atoms with Gasteiger partial charge in [0, 0.05) is 25.5 Å². The largest absolute Gasteiger partial charge is 0.260 e. The number of aromatic nitrogens is 8. The van der Waals surface area contributed by atoms with Crippen LogP contribution in [0.15, 0.2) is 74.1 Å². The zero-order valence-electron chi connectivity index (χ0n) is 13.9. The second kappa shape index (κ2) is 7.62. The number of nitrogens with zero attached hydrogens (tertiary/aromatic N) is 9. The lowest BCUT2D eigenvalue weighted by Crippen LogP contribution is -2.38. The van der Waals surface area contributed by atoms with Crippen LogP contribution in [0.3, 0.4) is 0 Å². The molecule has 0 fully saturated rings. The molecule has 4 aromatic heterocycles. The molecule has 0 aliphatic heterocycles. The molecule has 4 aromatic rings. The third-order valence-corrected chi connectivity index (χ3v) is 3.86. The van der Waals surface area contributed by atoms with Crippen LogP contribution >= 0.6 is 0 Å². The fourth-order valence-electron chi connectivity index (χ4n) is 2.75. The van der Waals surface area contributed by atoms with E-state index < -0.39 is 0 Å². The van der Waals surface area contributed by atoms with Crippen LogP contribution in [0.1, 0.15) is 17.7 Å². The van der Waals surface area contributed by atoms with Gasteiger partial charge in [-0.2, -0.15) is 10.2 Å². The minimum atomic E-state index is -0.344. The van der Waals surface area contributed by atoms with E-state index in [1.54, 1.807) is 34.4 Å². The van der Waals surface area contributed by atoms with Crippen molar-refractivity contribution in [2.24, 2.45) is 0 Å². The van der Waals surface area contributed by atoms with Crippen LogP contribution in [-0.2, 0) is 13.1 Å². The molecule has 0 amide bonds. The molecule has 4 rings (SSSR count). The topological polar surface area (TPSA) is 90.4 Å². The molecular formula is C17H17N9. The predicted molar refractivity (Wildman–Crippen MR) is 92.2 cm³/mol. The first-order valence-electron chi connectivity index (χ1n) is 8.12. The Kier molecular flexibility index (Phi) is 4.70. The third-order valence-electron chi connectivity index (χ3n) is 3.86. The summed E-state index contributed by atoms with van der Waals surface area (Å²) < 4.78 is 3.47. The SMILES string of the molecule is c1ccc(CN(Cc2ccccn2)C(n2cncn2)n2cncn2)nc1. The van der Waals surface area contributed by atoms with Gasteiger partial charge in [0.2, 0.25) is 6.29 Å². The van der Waals surface area contributed by atoms with E-state index in [1.807, 2.05) is 36.4 Å². The summed E-state index contributed by atoms with van der Waals surface area (Å²) in [5.74, 6) is 0. The Morgan fingerprint density at radius 3 is 1.69 bits per heavy atom. The summed E-state index contributed by atoms with van der Waals surface area (Å²) in [6.07, 6.45) is 9.56. The average molecular weight is 347 g/mol. The molecule has 4 heterocycles. The number of pyridine rings is 2. The van der Waals surface area contributed by atoms with Gasteiger partial charge in [-0.15, -0.1) is 0 Å². The van der Waals surface area contributed by atoms with Gasteiger partial charge in [-0.05, 0) is 24.3 Å². The summed E-state index contributed by atoms with van der Waals surface area (Å²) in [4.78, 5) is 19.2. The van der Waals surface area contributed by atoms with Crippen molar-refractivity contribution in [3.8, 4) is 0 Å². The van der Waals surface area contributed by atoms with E-state index in [4.69, 9.17) is 0 Å². The summed E-state index contributed by atoms with van der Waals surface area (Å²) in [5.41, 5.74) is 1.88. The van der Waals surface area contributed by atoms with Crippen LogP contribution in [0.4, 0.5) is 0 Å². The molecule has 0 saturated carbocycles. The van der Waals surface area contributed by atoms with E-state index in [9.17, 15) is 0 Å². The number of hydrogen-bond acceptors (Lipinski definition) is 7. The Bertz CT molecular complexity index is 816. The monoisotopic (exact) mass is 347 g/mol. The Hall–Kier alpha value is -3.46. The molecule has 9 heteroatoms. The van der Waals surface area contributed by atoms with Crippen LogP contribution in [0.5, 0.6) is 0 Å². The van der Waals surface area contributed by atoms with Gasteiger partial charge in [0.15, 0.2) is 0 Å². The quantitative estimate of drug-likeness (QED) is 0.498. The second-order valence-corrected chi connectivity index (χ2v) is 5.64. The lowest BCUT2D eigenvalue weighted by atomic mass is 10.3. The molecular weight excluding hydrogens is 330 g/mol. The molecule has 0 aliphatic rings. The highest BCUT2D eigenvalue weighted by Crippen LogP contribution is 2.19. The Morgan fingerprint density at radius 2 is 1.31 bits per heavy atom. The van der Waals surface area contributed by atoms with Gasteiger partial charge in [-0.1, -0.05) is 12.1 Å². The maximum Gasteiger partial charge on any atom is 0.204 e. The smallest absolute Gasteiger partial charge is 0.204 e. The predicted octanol–water partition coefficient (Wildman–Crippen LogP) is 1.37. The summed E-state index contributed by atoms with van der Waals surface area (Å²) in [7, 11) is 0. The highest BCUT2D eigenvalue weighted by Gasteiger charge is 2.24. The number of hydrogen-bond donors (Lipinski definition) is 0. The Labute approximate surface area is 150 Å². The average Bonchev–Trinajstić information content (AvgIpc) is 3.38. The summed E-state index contributed by atoms with van der Waals surface area (Å²) in [6, 6.07) is 11.7. The van der Waals surface area contributed by atoms with E-state index in [2.05, 4.69) is 35.0 Å². The van der Waals surface area contributed by atoms with Gasteiger partial charge >= 0.3 is 0 Å². The van der Waals surface area contributed by atoms with Gasteiger partial charge in [-0.3, -0.25) is 14.9 Å². The molecule has 26 heavy (non-hydrogen) atoms. The van der Waals surface area contributed by atoms with Crippen molar-refractivity contribution in [2.75, 3.05) is 0 Å². The van der Waals surface area contributed by atoms with Gasteiger partial charge in [-0.25, -0.2) is 19.3 Å². The van der Waals surface area contributed by atoms with Crippen molar-refractivity contribution in [1.29, 1.82) is 0 Å². The summed E-state index contributed by atoms with van der Waals surface area (Å²) in [6.45, 7) is 1.17. The Balaban J connectivity index is 1.71. The lowest BCUT2D eigenvalue weighted by molar-refractivity contribution is 0.0704. The fourth-order valence-corrected chi connectivity index (χ4v) is 2.75. The molecule has 0 bridgehead atoms. The molecule has 0 radical (unpaired) electrons.